The molecule has 0 fully saturated rings. The highest BCUT2D eigenvalue weighted by Gasteiger charge is 2.42. The van der Waals surface area contributed by atoms with Crippen molar-refractivity contribution < 1.29 is 24.2 Å². The van der Waals surface area contributed by atoms with Crippen molar-refractivity contribution in [2.75, 3.05) is 13.2 Å². The summed E-state index contributed by atoms with van der Waals surface area (Å²) in [5.74, 6) is -0.421. The van der Waals surface area contributed by atoms with Crippen LogP contribution in [0.3, 0.4) is 0 Å². The van der Waals surface area contributed by atoms with Crippen molar-refractivity contribution in [3.63, 3.8) is 0 Å². The molecule has 1 heterocycles. The van der Waals surface area contributed by atoms with Crippen LogP contribution in [-0.2, 0) is 14.3 Å². The molecule has 0 saturated carbocycles. The second-order valence-electron chi connectivity index (χ2n) is 9.26. The number of benzene rings is 2. The number of carbonyl (C=O) groups is 2. The van der Waals surface area contributed by atoms with E-state index in [9.17, 15) is 14.7 Å². The van der Waals surface area contributed by atoms with Crippen LogP contribution in [0.2, 0.25) is 0 Å². The summed E-state index contributed by atoms with van der Waals surface area (Å²) in [5, 5.41) is 13.0. The lowest BCUT2D eigenvalue weighted by Gasteiger charge is -2.37. The number of hydrogen-bond donors (Lipinski definition) is 2. The molecule has 2 aromatic carbocycles. The van der Waals surface area contributed by atoms with Crippen molar-refractivity contribution in [1.82, 2.24) is 5.32 Å². The number of aliphatic hydroxyl groups excluding tert-OH is 1. The molecule has 0 spiro atoms. The summed E-state index contributed by atoms with van der Waals surface area (Å²) < 4.78 is 11.5. The standard InChI is InChI=1S/C29H33NO5/c1-4-14-34-25-13-9-8-12-22(25)27-26(29(33)35-17-18(2)31)19(3)30-23-15-21(16-24(32)28(23)27)20-10-6-5-7-11-20/h5-13,18,21,27,30-31H,4,14-17H2,1-3H3. The minimum atomic E-state index is -0.784. The van der Waals surface area contributed by atoms with E-state index in [-0.39, 0.29) is 18.3 Å². The number of ether oxygens (including phenoxy) is 2. The molecule has 2 N–H and O–H groups in total. The van der Waals surface area contributed by atoms with Crippen molar-refractivity contribution >= 4 is 11.8 Å². The number of allylic oxidation sites excluding steroid dienone is 3. The second kappa shape index (κ2) is 10.9. The fourth-order valence-electron chi connectivity index (χ4n) is 4.92. The van der Waals surface area contributed by atoms with Gasteiger partial charge in [-0.15, -0.1) is 0 Å². The first kappa shape index (κ1) is 24.7. The number of ketones is 1. The van der Waals surface area contributed by atoms with Gasteiger partial charge in [0.2, 0.25) is 0 Å². The van der Waals surface area contributed by atoms with E-state index >= 15 is 0 Å². The lowest BCUT2D eigenvalue weighted by Crippen LogP contribution is -2.36. The molecule has 2 aromatic rings. The molecule has 1 aliphatic heterocycles. The zero-order chi connectivity index (χ0) is 24.9. The summed E-state index contributed by atoms with van der Waals surface area (Å²) in [4.78, 5) is 27.0. The topological polar surface area (TPSA) is 84.9 Å². The van der Waals surface area contributed by atoms with Crippen molar-refractivity contribution in [1.29, 1.82) is 0 Å². The Hall–Kier alpha value is -3.38. The Morgan fingerprint density at radius 1 is 1.11 bits per heavy atom. The second-order valence-corrected chi connectivity index (χ2v) is 9.26. The fourth-order valence-corrected chi connectivity index (χ4v) is 4.92. The molecular weight excluding hydrogens is 442 g/mol. The predicted molar refractivity (Wildman–Crippen MR) is 134 cm³/mol. The van der Waals surface area contributed by atoms with Crippen LogP contribution in [0.25, 0.3) is 0 Å². The number of esters is 1. The number of aliphatic hydroxyl groups is 1. The number of hydrogen-bond acceptors (Lipinski definition) is 6. The van der Waals surface area contributed by atoms with E-state index in [1.807, 2.05) is 56.3 Å². The van der Waals surface area contributed by atoms with Gasteiger partial charge in [-0.25, -0.2) is 4.79 Å². The summed E-state index contributed by atoms with van der Waals surface area (Å²) in [6, 6.07) is 17.6. The Labute approximate surface area is 206 Å². The zero-order valence-electron chi connectivity index (χ0n) is 20.5. The largest absolute Gasteiger partial charge is 0.493 e. The Morgan fingerprint density at radius 3 is 2.54 bits per heavy atom. The van der Waals surface area contributed by atoms with Crippen LogP contribution in [-0.4, -0.2) is 36.2 Å². The first-order chi connectivity index (χ1) is 16.9. The predicted octanol–water partition coefficient (Wildman–Crippen LogP) is 4.76. The number of carbonyl (C=O) groups excluding carboxylic acids is 2. The molecule has 0 saturated heterocycles. The summed E-state index contributed by atoms with van der Waals surface area (Å²) >= 11 is 0. The number of rotatable bonds is 8. The Bertz CT molecular complexity index is 1150. The SMILES string of the molecule is CCCOc1ccccc1C1C(C(=O)OCC(C)O)=C(C)NC2=C1C(=O)CC(c1ccccc1)C2. The minimum Gasteiger partial charge on any atom is -0.493 e. The fraction of sp³-hybridized carbons (Fsp3) is 0.379. The molecule has 2 aliphatic rings. The lowest BCUT2D eigenvalue weighted by atomic mass is 9.71. The molecule has 6 heteroatoms. The smallest absolute Gasteiger partial charge is 0.336 e. The van der Waals surface area contributed by atoms with E-state index in [4.69, 9.17) is 9.47 Å². The van der Waals surface area contributed by atoms with E-state index in [2.05, 4.69) is 17.4 Å². The molecule has 4 rings (SSSR count). The van der Waals surface area contributed by atoms with E-state index < -0.39 is 18.0 Å². The highest BCUT2D eigenvalue weighted by molar-refractivity contribution is 6.04. The highest BCUT2D eigenvalue weighted by Crippen LogP contribution is 2.47. The van der Waals surface area contributed by atoms with Crippen LogP contribution in [0, 0.1) is 0 Å². The number of Topliss-reactive ketones (excluding diaryl/α,β-unsaturated/α-hetero) is 1. The molecule has 0 radical (unpaired) electrons. The van der Waals surface area contributed by atoms with Gasteiger partial charge in [0.15, 0.2) is 5.78 Å². The first-order valence-electron chi connectivity index (χ1n) is 12.3. The average Bonchev–Trinajstić information content (AvgIpc) is 2.85. The van der Waals surface area contributed by atoms with Crippen molar-refractivity contribution in [2.24, 2.45) is 0 Å². The van der Waals surface area contributed by atoms with Crippen LogP contribution < -0.4 is 10.1 Å². The van der Waals surface area contributed by atoms with E-state index in [0.29, 0.717) is 42.0 Å². The molecule has 6 nitrogen and oxygen atoms in total. The third kappa shape index (κ3) is 5.33. The molecule has 0 amide bonds. The Balaban J connectivity index is 1.80. The van der Waals surface area contributed by atoms with Gasteiger partial charge in [-0.2, -0.15) is 0 Å². The van der Waals surface area contributed by atoms with Crippen LogP contribution in [0.1, 0.15) is 63.0 Å². The van der Waals surface area contributed by atoms with Crippen LogP contribution in [0.5, 0.6) is 5.75 Å². The number of para-hydroxylation sites is 1. The normalized spacial score (nSPS) is 20.7. The lowest BCUT2D eigenvalue weighted by molar-refractivity contribution is -0.142. The third-order valence-corrected chi connectivity index (χ3v) is 6.47. The van der Waals surface area contributed by atoms with E-state index in [0.717, 1.165) is 23.2 Å². The maximum absolute atomic E-state index is 13.7. The minimum absolute atomic E-state index is 0.0104. The quantitative estimate of drug-likeness (QED) is 0.536. The Kier molecular flexibility index (Phi) is 7.71. The highest BCUT2D eigenvalue weighted by atomic mass is 16.5. The van der Waals surface area contributed by atoms with Crippen molar-refractivity contribution in [3.8, 4) is 5.75 Å². The molecule has 184 valence electrons. The van der Waals surface area contributed by atoms with Gasteiger partial charge in [0.1, 0.15) is 12.4 Å². The van der Waals surface area contributed by atoms with E-state index in [1.54, 1.807) is 6.92 Å². The van der Waals surface area contributed by atoms with Crippen molar-refractivity contribution in [2.45, 2.75) is 58.0 Å². The maximum Gasteiger partial charge on any atom is 0.336 e. The molecule has 35 heavy (non-hydrogen) atoms. The third-order valence-electron chi connectivity index (χ3n) is 6.47. The van der Waals surface area contributed by atoms with Gasteiger partial charge in [0.25, 0.3) is 0 Å². The number of nitrogens with one attached hydrogen (secondary N) is 1. The summed E-state index contributed by atoms with van der Waals surface area (Å²) in [6.07, 6.45) is 1.10. The van der Waals surface area contributed by atoms with Gasteiger partial charge in [-0.1, -0.05) is 55.5 Å². The summed E-state index contributed by atoms with van der Waals surface area (Å²) in [6.45, 7) is 5.84. The summed E-state index contributed by atoms with van der Waals surface area (Å²) in [5.41, 5.74) is 4.36. The van der Waals surface area contributed by atoms with Crippen LogP contribution in [0.15, 0.2) is 77.1 Å². The van der Waals surface area contributed by atoms with Gasteiger partial charge in [-0.05, 0) is 44.2 Å². The average molecular weight is 476 g/mol. The van der Waals surface area contributed by atoms with Gasteiger partial charge in [0.05, 0.1) is 24.2 Å². The van der Waals surface area contributed by atoms with E-state index in [1.165, 1.54) is 0 Å². The molecule has 3 unspecified atom stereocenters. The van der Waals surface area contributed by atoms with Crippen molar-refractivity contribution in [3.05, 3.63) is 88.3 Å². The molecule has 1 aliphatic carbocycles. The molecular formula is C29H33NO5. The van der Waals surface area contributed by atoms with Crippen LogP contribution >= 0.6 is 0 Å². The maximum atomic E-state index is 13.7. The molecule has 3 atom stereocenters. The van der Waals surface area contributed by atoms with Gasteiger partial charge < -0.3 is 19.9 Å². The number of dihydropyridines is 1. The summed E-state index contributed by atoms with van der Waals surface area (Å²) in [7, 11) is 0. The molecule has 0 bridgehead atoms. The monoisotopic (exact) mass is 475 g/mol. The molecule has 0 aromatic heterocycles. The first-order valence-corrected chi connectivity index (χ1v) is 12.3. The van der Waals surface area contributed by atoms with Crippen LogP contribution in [0.4, 0.5) is 0 Å². The Morgan fingerprint density at radius 2 is 1.83 bits per heavy atom. The van der Waals surface area contributed by atoms with Gasteiger partial charge >= 0.3 is 5.97 Å². The zero-order valence-corrected chi connectivity index (χ0v) is 20.5. The van der Waals surface area contributed by atoms with Gasteiger partial charge in [-0.3, -0.25) is 4.79 Å². The van der Waals surface area contributed by atoms with Gasteiger partial charge in [0, 0.05) is 29.0 Å².